The van der Waals surface area contributed by atoms with Gasteiger partial charge in [-0.05, 0) is 61.3 Å². The molecule has 0 bridgehead atoms. The molecular formula is C22H32Cl2N2O2. The third-order valence-corrected chi connectivity index (χ3v) is 5.06. The maximum Gasteiger partial charge on any atom is 0.118 e. The van der Waals surface area contributed by atoms with Crippen LogP contribution < -0.4 is 9.47 Å². The molecule has 28 heavy (non-hydrogen) atoms. The zero-order valence-electron chi connectivity index (χ0n) is 16.8. The first kappa shape index (κ1) is 24.6. The first-order chi connectivity index (χ1) is 12.8. The summed E-state index contributed by atoms with van der Waals surface area (Å²) < 4.78 is 10.5. The molecule has 0 spiro atoms. The highest BCUT2D eigenvalue weighted by Gasteiger charge is 2.14. The fourth-order valence-electron chi connectivity index (χ4n) is 3.48. The number of rotatable bonds is 9. The molecule has 1 aliphatic rings. The molecule has 1 aliphatic heterocycles. The molecule has 0 unspecified atom stereocenters. The molecule has 4 nitrogen and oxygen atoms in total. The molecule has 0 N–H and O–H groups in total. The Morgan fingerprint density at radius 2 is 1.18 bits per heavy atom. The second-order valence-electron chi connectivity index (χ2n) is 6.96. The number of likely N-dealkylation sites (tertiary alicyclic amines) is 1. The van der Waals surface area contributed by atoms with Crippen LogP contribution >= 0.6 is 24.8 Å². The highest BCUT2D eigenvalue weighted by molar-refractivity contribution is 5.85. The van der Waals surface area contributed by atoms with Crippen LogP contribution in [-0.2, 0) is 13.1 Å². The summed E-state index contributed by atoms with van der Waals surface area (Å²) in [6, 6.07) is 16.8. The molecule has 1 heterocycles. The molecule has 1 fully saturated rings. The van der Waals surface area contributed by atoms with E-state index in [-0.39, 0.29) is 24.8 Å². The van der Waals surface area contributed by atoms with Gasteiger partial charge in [0.15, 0.2) is 0 Å². The molecule has 6 heteroatoms. The van der Waals surface area contributed by atoms with E-state index in [0.29, 0.717) is 0 Å². The summed E-state index contributed by atoms with van der Waals surface area (Å²) in [4.78, 5) is 5.11. The van der Waals surface area contributed by atoms with Crippen molar-refractivity contribution in [2.24, 2.45) is 0 Å². The van der Waals surface area contributed by atoms with E-state index in [4.69, 9.17) is 9.47 Å². The Kier molecular flexibility index (Phi) is 11.3. The Bertz CT molecular complexity index is 610. The number of methoxy groups -OCH3 is 2. The van der Waals surface area contributed by atoms with Crippen LogP contribution in [0.15, 0.2) is 48.5 Å². The van der Waals surface area contributed by atoms with Crippen molar-refractivity contribution in [3.8, 4) is 11.5 Å². The molecule has 0 radical (unpaired) electrons. The van der Waals surface area contributed by atoms with Crippen LogP contribution in [0.4, 0.5) is 0 Å². The Hall–Kier alpha value is -1.46. The third kappa shape index (κ3) is 7.51. The van der Waals surface area contributed by atoms with E-state index in [9.17, 15) is 0 Å². The van der Waals surface area contributed by atoms with E-state index in [1.807, 2.05) is 24.3 Å². The quantitative estimate of drug-likeness (QED) is 0.582. The van der Waals surface area contributed by atoms with Gasteiger partial charge in [-0.2, -0.15) is 0 Å². The number of halogens is 2. The fourth-order valence-corrected chi connectivity index (χ4v) is 3.48. The van der Waals surface area contributed by atoms with Gasteiger partial charge in [0.1, 0.15) is 11.5 Å². The van der Waals surface area contributed by atoms with Crippen molar-refractivity contribution in [1.82, 2.24) is 9.80 Å². The topological polar surface area (TPSA) is 24.9 Å². The van der Waals surface area contributed by atoms with Gasteiger partial charge in [0.2, 0.25) is 0 Å². The van der Waals surface area contributed by atoms with Crippen LogP contribution in [0.25, 0.3) is 0 Å². The summed E-state index contributed by atoms with van der Waals surface area (Å²) in [5.41, 5.74) is 2.64. The van der Waals surface area contributed by atoms with Gasteiger partial charge in [0, 0.05) is 26.2 Å². The monoisotopic (exact) mass is 426 g/mol. The average Bonchev–Trinajstić information content (AvgIpc) is 3.21. The first-order valence-electron chi connectivity index (χ1n) is 9.47. The minimum Gasteiger partial charge on any atom is -0.497 e. The van der Waals surface area contributed by atoms with Crippen LogP contribution in [0.1, 0.15) is 24.0 Å². The maximum absolute atomic E-state index is 5.27. The van der Waals surface area contributed by atoms with Gasteiger partial charge in [0.05, 0.1) is 14.2 Å². The van der Waals surface area contributed by atoms with E-state index in [2.05, 4.69) is 34.1 Å². The lowest BCUT2D eigenvalue weighted by molar-refractivity contribution is 0.212. The molecule has 0 amide bonds. The lowest BCUT2D eigenvalue weighted by Gasteiger charge is -2.25. The van der Waals surface area contributed by atoms with E-state index in [0.717, 1.165) is 37.7 Å². The SMILES string of the molecule is COc1ccc(CN(CCN2CCCC2)Cc2ccc(OC)cc2)cc1.Cl.Cl. The predicted octanol–water partition coefficient (Wildman–Crippen LogP) is 4.65. The summed E-state index contributed by atoms with van der Waals surface area (Å²) in [6.07, 6.45) is 2.69. The lowest BCUT2D eigenvalue weighted by atomic mass is 10.1. The predicted molar refractivity (Wildman–Crippen MR) is 120 cm³/mol. The molecule has 0 atom stereocenters. The van der Waals surface area contributed by atoms with Crippen LogP contribution in [0.5, 0.6) is 11.5 Å². The zero-order chi connectivity index (χ0) is 18.2. The van der Waals surface area contributed by atoms with Gasteiger partial charge in [-0.3, -0.25) is 4.90 Å². The van der Waals surface area contributed by atoms with Crippen molar-refractivity contribution in [3.63, 3.8) is 0 Å². The Morgan fingerprint density at radius 1 is 0.750 bits per heavy atom. The van der Waals surface area contributed by atoms with Crippen LogP contribution in [0, 0.1) is 0 Å². The molecule has 156 valence electrons. The molecule has 2 aromatic rings. The molecule has 0 saturated carbocycles. The van der Waals surface area contributed by atoms with Crippen molar-refractivity contribution in [2.75, 3.05) is 40.4 Å². The van der Waals surface area contributed by atoms with Crippen molar-refractivity contribution in [1.29, 1.82) is 0 Å². The molecule has 3 rings (SSSR count). The summed E-state index contributed by atoms with van der Waals surface area (Å²) in [5.74, 6) is 1.82. The van der Waals surface area contributed by atoms with Gasteiger partial charge < -0.3 is 14.4 Å². The van der Waals surface area contributed by atoms with E-state index >= 15 is 0 Å². The maximum atomic E-state index is 5.27. The van der Waals surface area contributed by atoms with Gasteiger partial charge in [-0.1, -0.05) is 24.3 Å². The third-order valence-electron chi connectivity index (χ3n) is 5.06. The van der Waals surface area contributed by atoms with Gasteiger partial charge in [0.25, 0.3) is 0 Å². The fraction of sp³-hybridized carbons (Fsp3) is 0.455. The van der Waals surface area contributed by atoms with Crippen LogP contribution in [0.2, 0.25) is 0 Å². The number of nitrogens with zero attached hydrogens (tertiary/aromatic N) is 2. The van der Waals surface area contributed by atoms with Gasteiger partial charge in [-0.25, -0.2) is 0 Å². The summed E-state index contributed by atoms with van der Waals surface area (Å²) in [6.45, 7) is 6.62. The zero-order valence-corrected chi connectivity index (χ0v) is 18.4. The number of hydrogen-bond acceptors (Lipinski definition) is 4. The summed E-state index contributed by atoms with van der Waals surface area (Å²) >= 11 is 0. The Labute approximate surface area is 181 Å². The Balaban J connectivity index is 0.00000196. The van der Waals surface area contributed by atoms with Crippen molar-refractivity contribution in [3.05, 3.63) is 59.7 Å². The average molecular weight is 427 g/mol. The number of benzene rings is 2. The highest BCUT2D eigenvalue weighted by Crippen LogP contribution is 2.17. The molecule has 1 saturated heterocycles. The summed E-state index contributed by atoms with van der Waals surface area (Å²) in [5, 5.41) is 0. The first-order valence-corrected chi connectivity index (χ1v) is 9.47. The summed E-state index contributed by atoms with van der Waals surface area (Å²) in [7, 11) is 3.42. The lowest BCUT2D eigenvalue weighted by Crippen LogP contribution is -2.33. The minimum absolute atomic E-state index is 0. The van der Waals surface area contributed by atoms with Gasteiger partial charge >= 0.3 is 0 Å². The molecular weight excluding hydrogens is 395 g/mol. The van der Waals surface area contributed by atoms with Crippen molar-refractivity contribution < 1.29 is 9.47 Å². The van der Waals surface area contributed by atoms with Gasteiger partial charge in [-0.15, -0.1) is 24.8 Å². The molecule has 2 aromatic carbocycles. The normalized spacial score (nSPS) is 13.7. The van der Waals surface area contributed by atoms with E-state index in [1.54, 1.807) is 14.2 Å². The minimum atomic E-state index is 0. The van der Waals surface area contributed by atoms with E-state index < -0.39 is 0 Å². The second-order valence-corrected chi connectivity index (χ2v) is 6.96. The van der Waals surface area contributed by atoms with Crippen molar-refractivity contribution >= 4 is 24.8 Å². The van der Waals surface area contributed by atoms with Crippen LogP contribution in [0.3, 0.4) is 0 Å². The highest BCUT2D eigenvalue weighted by atomic mass is 35.5. The largest absolute Gasteiger partial charge is 0.497 e. The molecule has 0 aromatic heterocycles. The smallest absolute Gasteiger partial charge is 0.118 e. The Morgan fingerprint density at radius 3 is 1.57 bits per heavy atom. The van der Waals surface area contributed by atoms with Crippen LogP contribution in [-0.4, -0.2) is 50.2 Å². The molecule has 0 aliphatic carbocycles. The second kappa shape index (κ2) is 12.9. The number of hydrogen-bond donors (Lipinski definition) is 0. The standard InChI is InChI=1S/C22H30N2O2.2ClH/c1-25-21-9-5-19(6-10-21)17-24(16-15-23-13-3-4-14-23)18-20-7-11-22(26-2)12-8-20;;/h5-12H,3-4,13-18H2,1-2H3;2*1H. The van der Waals surface area contributed by atoms with E-state index in [1.165, 1.54) is 37.1 Å². The van der Waals surface area contributed by atoms with Crippen molar-refractivity contribution in [2.45, 2.75) is 25.9 Å². The number of ether oxygens (including phenoxy) is 2.